The Morgan fingerprint density at radius 3 is 2.65 bits per heavy atom. The van der Waals surface area contributed by atoms with Gasteiger partial charge in [-0.25, -0.2) is 0 Å². The van der Waals surface area contributed by atoms with Gasteiger partial charge in [-0.15, -0.1) is 11.3 Å². The molecule has 0 radical (unpaired) electrons. The van der Waals surface area contributed by atoms with Gasteiger partial charge in [0.15, 0.2) is 0 Å². The quantitative estimate of drug-likeness (QED) is 0.660. The van der Waals surface area contributed by atoms with Crippen molar-refractivity contribution in [2.24, 2.45) is 17.6 Å². The number of imide groups is 1. The molecule has 2 aliphatic rings. The molecule has 3 rings (SSSR count). The SMILES string of the molecule is NCC#Cc1csc(CN2C(=O)C3CCC(C3)C2=O)c1. The van der Waals surface area contributed by atoms with Gasteiger partial charge in [0, 0.05) is 27.7 Å². The van der Waals surface area contributed by atoms with Crippen LogP contribution in [0.5, 0.6) is 0 Å². The Hall–Kier alpha value is -1.64. The molecule has 2 bridgehead atoms. The molecule has 2 N–H and O–H groups in total. The summed E-state index contributed by atoms with van der Waals surface area (Å²) in [5.41, 5.74) is 6.24. The predicted molar refractivity (Wildman–Crippen MR) is 76.6 cm³/mol. The van der Waals surface area contributed by atoms with Gasteiger partial charge in [0.05, 0.1) is 13.1 Å². The molecule has 1 saturated heterocycles. The minimum Gasteiger partial charge on any atom is -0.320 e. The van der Waals surface area contributed by atoms with Crippen molar-refractivity contribution in [1.82, 2.24) is 4.90 Å². The molecule has 4 nitrogen and oxygen atoms in total. The fourth-order valence-electron chi connectivity index (χ4n) is 2.97. The molecule has 1 aromatic heterocycles. The van der Waals surface area contributed by atoms with Crippen molar-refractivity contribution in [2.75, 3.05) is 6.54 Å². The Kier molecular flexibility index (Phi) is 3.60. The van der Waals surface area contributed by atoms with E-state index in [4.69, 9.17) is 5.73 Å². The average molecular weight is 288 g/mol. The Balaban J connectivity index is 1.75. The Labute approximate surface area is 121 Å². The number of carbonyl (C=O) groups is 2. The minimum absolute atomic E-state index is 0.00624. The largest absolute Gasteiger partial charge is 0.320 e. The van der Waals surface area contributed by atoms with E-state index in [2.05, 4.69) is 11.8 Å². The summed E-state index contributed by atoms with van der Waals surface area (Å²) in [5, 5.41) is 1.94. The van der Waals surface area contributed by atoms with Crippen LogP contribution in [-0.4, -0.2) is 23.3 Å². The van der Waals surface area contributed by atoms with Crippen LogP contribution in [0.3, 0.4) is 0 Å². The summed E-state index contributed by atoms with van der Waals surface area (Å²) in [4.78, 5) is 26.9. The van der Waals surface area contributed by atoms with Gasteiger partial charge in [0.2, 0.25) is 11.8 Å². The molecular weight excluding hydrogens is 272 g/mol. The lowest BCUT2D eigenvalue weighted by Gasteiger charge is -2.29. The zero-order chi connectivity index (χ0) is 14.1. The predicted octanol–water partition coefficient (Wildman–Crippen LogP) is 1.34. The molecule has 104 valence electrons. The lowest BCUT2D eigenvalue weighted by molar-refractivity contribution is -0.153. The van der Waals surface area contributed by atoms with E-state index in [0.29, 0.717) is 13.1 Å². The zero-order valence-electron chi connectivity index (χ0n) is 11.1. The molecule has 0 spiro atoms. The molecule has 1 aromatic rings. The van der Waals surface area contributed by atoms with Gasteiger partial charge in [-0.3, -0.25) is 14.5 Å². The van der Waals surface area contributed by atoms with Gasteiger partial charge in [-0.05, 0) is 25.3 Å². The fraction of sp³-hybridized carbons (Fsp3) is 0.467. The second kappa shape index (κ2) is 5.39. The lowest BCUT2D eigenvalue weighted by atomic mass is 9.97. The second-order valence-corrected chi connectivity index (χ2v) is 6.27. The van der Waals surface area contributed by atoms with E-state index in [0.717, 1.165) is 29.7 Å². The topological polar surface area (TPSA) is 63.4 Å². The van der Waals surface area contributed by atoms with Crippen molar-refractivity contribution < 1.29 is 9.59 Å². The number of hydrogen-bond donors (Lipinski definition) is 1. The van der Waals surface area contributed by atoms with E-state index in [1.54, 1.807) is 0 Å². The molecule has 1 aliphatic heterocycles. The fourth-order valence-corrected chi connectivity index (χ4v) is 3.78. The number of fused-ring (bicyclic) bond motifs is 2. The van der Waals surface area contributed by atoms with Crippen molar-refractivity contribution >= 4 is 23.2 Å². The summed E-state index contributed by atoms with van der Waals surface area (Å²) in [6, 6.07) is 1.93. The number of piperidine rings is 1. The smallest absolute Gasteiger partial charge is 0.232 e. The van der Waals surface area contributed by atoms with Crippen LogP contribution in [0.25, 0.3) is 0 Å². The summed E-state index contributed by atoms with van der Waals surface area (Å²) < 4.78 is 0. The van der Waals surface area contributed by atoms with E-state index in [-0.39, 0.29) is 23.7 Å². The van der Waals surface area contributed by atoms with Crippen LogP contribution in [0.4, 0.5) is 0 Å². The third kappa shape index (κ3) is 2.37. The molecule has 2 unspecified atom stereocenters. The molecule has 2 amide bonds. The Morgan fingerprint density at radius 1 is 1.30 bits per heavy atom. The van der Waals surface area contributed by atoms with Crippen LogP contribution in [-0.2, 0) is 16.1 Å². The van der Waals surface area contributed by atoms with Crippen molar-refractivity contribution in [3.05, 3.63) is 21.9 Å². The number of thiophene rings is 1. The molecule has 2 atom stereocenters. The highest BCUT2D eigenvalue weighted by Crippen LogP contribution is 2.38. The summed E-state index contributed by atoms with van der Waals surface area (Å²) in [7, 11) is 0. The number of rotatable bonds is 2. The number of carbonyl (C=O) groups excluding carboxylic acids is 2. The first-order chi connectivity index (χ1) is 9.69. The summed E-state index contributed by atoms with van der Waals surface area (Å²) in [6.07, 6.45) is 2.48. The maximum atomic E-state index is 12.2. The molecule has 1 saturated carbocycles. The summed E-state index contributed by atoms with van der Waals surface area (Å²) in [6.45, 7) is 0.720. The number of hydrogen-bond acceptors (Lipinski definition) is 4. The van der Waals surface area contributed by atoms with Crippen molar-refractivity contribution in [3.63, 3.8) is 0 Å². The van der Waals surface area contributed by atoms with Gasteiger partial charge in [0.25, 0.3) is 0 Å². The zero-order valence-corrected chi connectivity index (χ0v) is 11.9. The van der Waals surface area contributed by atoms with Crippen molar-refractivity contribution in [2.45, 2.75) is 25.8 Å². The first-order valence-electron chi connectivity index (χ1n) is 6.80. The Morgan fingerprint density at radius 2 is 2.00 bits per heavy atom. The molecule has 20 heavy (non-hydrogen) atoms. The van der Waals surface area contributed by atoms with E-state index in [9.17, 15) is 9.59 Å². The standard InChI is InChI=1S/C15H16N2O2S/c16-5-1-2-10-6-13(20-9-10)8-17-14(18)11-3-4-12(7-11)15(17)19/h6,9,11-12H,3-5,7-8,16H2. The highest BCUT2D eigenvalue weighted by atomic mass is 32.1. The van der Waals surface area contributed by atoms with E-state index < -0.39 is 0 Å². The van der Waals surface area contributed by atoms with Crippen molar-refractivity contribution in [3.8, 4) is 11.8 Å². The van der Waals surface area contributed by atoms with Gasteiger partial charge >= 0.3 is 0 Å². The van der Waals surface area contributed by atoms with Crippen LogP contribution in [0.2, 0.25) is 0 Å². The molecule has 2 heterocycles. The van der Waals surface area contributed by atoms with E-state index >= 15 is 0 Å². The van der Waals surface area contributed by atoms with Crippen LogP contribution in [0, 0.1) is 23.7 Å². The average Bonchev–Trinajstić information content (AvgIpc) is 3.07. The molecule has 2 fully saturated rings. The Bertz CT molecular complexity index is 589. The monoisotopic (exact) mass is 288 g/mol. The van der Waals surface area contributed by atoms with Gasteiger partial charge in [0.1, 0.15) is 0 Å². The van der Waals surface area contributed by atoms with E-state index in [1.807, 2.05) is 11.4 Å². The van der Waals surface area contributed by atoms with Crippen LogP contribution in [0.1, 0.15) is 29.7 Å². The minimum atomic E-state index is 0.00624. The maximum Gasteiger partial charge on any atom is 0.232 e. The van der Waals surface area contributed by atoms with Crippen LogP contribution >= 0.6 is 11.3 Å². The van der Waals surface area contributed by atoms with Crippen LogP contribution < -0.4 is 5.73 Å². The van der Waals surface area contributed by atoms with Crippen LogP contribution in [0.15, 0.2) is 11.4 Å². The highest BCUT2D eigenvalue weighted by molar-refractivity contribution is 7.10. The van der Waals surface area contributed by atoms with Gasteiger partial charge < -0.3 is 5.73 Å². The maximum absolute atomic E-state index is 12.2. The first kappa shape index (κ1) is 13.3. The van der Waals surface area contributed by atoms with Gasteiger partial charge in [-0.1, -0.05) is 11.8 Å². The summed E-state index contributed by atoms with van der Waals surface area (Å²) >= 11 is 1.53. The number of nitrogens with two attached hydrogens (primary N) is 1. The van der Waals surface area contributed by atoms with E-state index in [1.165, 1.54) is 16.2 Å². The second-order valence-electron chi connectivity index (χ2n) is 5.28. The highest BCUT2D eigenvalue weighted by Gasteiger charge is 2.45. The number of likely N-dealkylation sites (tertiary alicyclic amines) is 1. The number of nitrogens with zero attached hydrogens (tertiary/aromatic N) is 1. The molecule has 1 aliphatic carbocycles. The normalized spacial score (nSPS) is 24.8. The van der Waals surface area contributed by atoms with Crippen molar-refractivity contribution in [1.29, 1.82) is 0 Å². The number of amides is 2. The lowest BCUT2D eigenvalue weighted by Crippen LogP contribution is -2.45. The molecule has 5 heteroatoms. The third-order valence-corrected chi connectivity index (χ3v) is 4.89. The van der Waals surface area contributed by atoms with Gasteiger partial charge in [-0.2, -0.15) is 0 Å². The molecule has 0 aromatic carbocycles. The molecular formula is C15H16N2O2S. The first-order valence-corrected chi connectivity index (χ1v) is 7.68. The third-order valence-electron chi connectivity index (χ3n) is 3.97. The summed E-state index contributed by atoms with van der Waals surface area (Å²) in [5.74, 6) is 5.90.